The first kappa shape index (κ1) is 17.9. The summed E-state index contributed by atoms with van der Waals surface area (Å²) in [6, 6.07) is 15.1. The predicted molar refractivity (Wildman–Crippen MR) is 110 cm³/mol. The molecular formula is C22H17NO5S. The molecule has 6 nitrogen and oxygen atoms in total. The fourth-order valence-corrected chi connectivity index (χ4v) is 4.75. The Hall–Kier alpha value is -3.19. The van der Waals surface area contributed by atoms with E-state index in [1.165, 1.54) is 6.07 Å². The van der Waals surface area contributed by atoms with E-state index in [1.807, 2.05) is 42.5 Å². The van der Waals surface area contributed by atoms with E-state index in [0.29, 0.717) is 23.6 Å². The fourth-order valence-electron chi connectivity index (χ4n) is 3.53. The summed E-state index contributed by atoms with van der Waals surface area (Å²) in [5.74, 6) is 1.66. The lowest BCUT2D eigenvalue weighted by Gasteiger charge is -2.16. The molecule has 29 heavy (non-hydrogen) atoms. The van der Waals surface area contributed by atoms with Crippen LogP contribution in [0.2, 0.25) is 0 Å². The molecular weight excluding hydrogens is 390 g/mol. The Labute approximate surface area is 170 Å². The average Bonchev–Trinajstić information content (AvgIpc) is 3.07. The molecule has 0 radical (unpaired) electrons. The van der Waals surface area contributed by atoms with Gasteiger partial charge >= 0.3 is 5.63 Å². The molecule has 2 aliphatic rings. The largest absolute Gasteiger partial charge is 0.507 e. The van der Waals surface area contributed by atoms with Crippen molar-refractivity contribution < 1.29 is 19.0 Å². The summed E-state index contributed by atoms with van der Waals surface area (Å²) in [5, 5.41) is 10.4. The molecule has 1 N–H and O–H groups in total. The van der Waals surface area contributed by atoms with Gasteiger partial charge in [-0.1, -0.05) is 18.2 Å². The Morgan fingerprint density at radius 2 is 1.93 bits per heavy atom. The van der Waals surface area contributed by atoms with Gasteiger partial charge in [-0.15, -0.1) is 11.8 Å². The van der Waals surface area contributed by atoms with Gasteiger partial charge < -0.3 is 19.0 Å². The van der Waals surface area contributed by atoms with Crippen LogP contribution in [0.5, 0.6) is 17.2 Å². The maximum atomic E-state index is 12.5. The van der Waals surface area contributed by atoms with Gasteiger partial charge in [0.05, 0.1) is 11.4 Å². The number of nitrogens with zero attached hydrogens (tertiary/aromatic N) is 1. The molecule has 0 spiro atoms. The second kappa shape index (κ2) is 7.00. The van der Waals surface area contributed by atoms with E-state index in [-0.39, 0.29) is 23.4 Å². The van der Waals surface area contributed by atoms with Gasteiger partial charge in [-0.05, 0) is 36.8 Å². The molecule has 146 valence electrons. The fraction of sp³-hybridized carbons (Fsp3) is 0.182. The highest BCUT2D eigenvalue weighted by molar-refractivity contribution is 7.99. The van der Waals surface area contributed by atoms with Crippen molar-refractivity contribution in [3.05, 3.63) is 75.8 Å². The Morgan fingerprint density at radius 1 is 1.10 bits per heavy atom. The second-order valence-corrected chi connectivity index (χ2v) is 8.10. The van der Waals surface area contributed by atoms with Gasteiger partial charge in [0.15, 0.2) is 11.5 Å². The van der Waals surface area contributed by atoms with Gasteiger partial charge in [-0.3, -0.25) is 4.99 Å². The molecule has 0 saturated heterocycles. The average molecular weight is 407 g/mol. The van der Waals surface area contributed by atoms with Gasteiger partial charge in [0.25, 0.3) is 0 Å². The van der Waals surface area contributed by atoms with Crippen LogP contribution >= 0.6 is 11.8 Å². The normalized spacial score (nSPS) is 17.4. The van der Waals surface area contributed by atoms with Crippen molar-refractivity contribution in [3.63, 3.8) is 0 Å². The van der Waals surface area contributed by atoms with Crippen LogP contribution in [0.4, 0.5) is 5.69 Å². The summed E-state index contributed by atoms with van der Waals surface area (Å²) in [6.45, 7) is 1.84. The summed E-state index contributed by atoms with van der Waals surface area (Å²) in [4.78, 5) is 18.3. The Morgan fingerprint density at radius 3 is 2.79 bits per heavy atom. The highest BCUT2D eigenvalue weighted by Gasteiger charge is 2.27. The van der Waals surface area contributed by atoms with Gasteiger partial charge in [0, 0.05) is 22.6 Å². The lowest BCUT2D eigenvalue weighted by atomic mass is 10.0. The van der Waals surface area contributed by atoms with Crippen molar-refractivity contribution in [2.75, 3.05) is 6.79 Å². The van der Waals surface area contributed by atoms with Crippen molar-refractivity contribution in [3.8, 4) is 17.2 Å². The maximum absolute atomic E-state index is 12.5. The highest BCUT2D eigenvalue weighted by atomic mass is 32.2. The third-order valence-electron chi connectivity index (χ3n) is 4.88. The molecule has 0 fully saturated rings. The molecule has 3 aromatic rings. The number of aryl methyl sites for hydroxylation is 1. The van der Waals surface area contributed by atoms with Crippen molar-refractivity contribution >= 4 is 23.2 Å². The topological polar surface area (TPSA) is 81.3 Å². The number of aromatic hydroxyl groups is 1. The summed E-state index contributed by atoms with van der Waals surface area (Å²) in [5.41, 5.74) is 1.81. The molecule has 3 heterocycles. The summed E-state index contributed by atoms with van der Waals surface area (Å²) < 4.78 is 16.2. The molecule has 1 aromatic heterocycles. The van der Waals surface area contributed by atoms with Crippen LogP contribution in [0.15, 0.2) is 67.6 Å². The van der Waals surface area contributed by atoms with E-state index < -0.39 is 5.63 Å². The first-order chi connectivity index (χ1) is 14.1. The molecule has 0 bridgehead atoms. The van der Waals surface area contributed by atoms with Crippen LogP contribution in [0.1, 0.15) is 28.6 Å². The zero-order valence-corrected chi connectivity index (χ0v) is 16.4. The number of fused-ring (bicyclic) bond motifs is 2. The van der Waals surface area contributed by atoms with Crippen LogP contribution in [0, 0.1) is 6.92 Å². The molecule has 7 heteroatoms. The number of thioether (sulfide) groups is 1. The van der Waals surface area contributed by atoms with Crippen molar-refractivity contribution in [1.82, 2.24) is 0 Å². The lowest BCUT2D eigenvalue weighted by molar-refractivity contribution is 0.174. The number of hydrogen-bond acceptors (Lipinski definition) is 7. The van der Waals surface area contributed by atoms with Gasteiger partial charge in [0.2, 0.25) is 6.79 Å². The molecule has 0 unspecified atom stereocenters. The van der Waals surface area contributed by atoms with E-state index in [4.69, 9.17) is 18.9 Å². The molecule has 0 aliphatic carbocycles. The van der Waals surface area contributed by atoms with Crippen LogP contribution in [0.3, 0.4) is 0 Å². The first-order valence-electron chi connectivity index (χ1n) is 9.15. The monoisotopic (exact) mass is 407 g/mol. The van der Waals surface area contributed by atoms with Crippen LogP contribution < -0.4 is 15.1 Å². The minimum Gasteiger partial charge on any atom is -0.507 e. The lowest BCUT2D eigenvalue weighted by Crippen LogP contribution is -2.17. The van der Waals surface area contributed by atoms with Crippen molar-refractivity contribution in [2.24, 2.45) is 4.99 Å². The Kier molecular flexibility index (Phi) is 4.32. The van der Waals surface area contributed by atoms with Crippen molar-refractivity contribution in [2.45, 2.75) is 23.5 Å². The van der Waals surface area contributed by atoms with Crippen molar-refractivity contribution in [1.29, 1.82) is 0 Å². The Balaban J connectivity index is 1.64. The highest BCUT2D eigenvalue weighted by Crippen LogP contribution is 2.47. The molecule has 1 atom stereocenters. The van der Waals surface area contributed by atoms with Gasteiger partial charge in [0.1, 0.15) is 17.1 Å². The van der Waals surface area contributed by atoms with E-state index >= 15 is 0 Å². The minimum atomic E-state index is -0.588. The standard InChI is InChI=1S/C22H17NO5S/c1-12-8-16(24)21(22(25)28-12)15-10-20(29-19-5-3-2-4-14(19)23-15)13-6-7-17-18(9-13)27-11-26-17/h2-9,20,24H,10-11H2,1H3/t20-/m1/s1. The second-order valence-electron chi connectivity index (χ2n) is 6.85. The molecule has 5 rings (SSSR count). The minimum absolute atomic E-state index is 0.0352. The smallest absolute Gasteiger partial charge is 0.348 e. The third-order valence-corrected chi connectivity index (χ3v) is 6.20. The third kappa shape index (κ3) is 3.27. The molecule has 2 aliphatic heterocycles. The zero-order chi connectivity index (χ0) is 20.0. The zero-order valence-electron chi connectivity index (χ0n) is 15.5. The molecule has 0 amide bonds. The summed E-state index contributed by atoms with van der Waals surface area (Å²) in [6.07, 6.45) is 0.445. The van der Waals surface area contributed by atoms with Crippen LogP contribution in [-0.4, -0.2) is 17.6 Å². The number of hydrogen-bond donors (Lipinski definition) is 1. The summed E-state index contributed by atoms with van der Waals surface area (Å²) in [7, 11) is 0. The maximum Gasteiger partial charge on any atom is 0.348 e. The number of rotatable bonds is 2. The number of ether oxygens (including phenoxy) is 2. The SMILES string of the molecule is Cc1cc(O)c(C2=Nc3ccccc3S[C@@H](c3ccc4c(c3)OCO4)C2)c(=O)o1. The molecule has 0 saturated carbocycles. The van der Waals surface area contributed by atoms with E-state index in [0.717, 1.165) is 21.9 Å². The summed E-state index contributed by atoms with van der Waals surface area (Å²) >= 11 is 1.66. The van der Waals surface area contributed by atoms with Crippen LogP contribution in [-0.2, 0) is 0 Å². The number of benzene rings is 2. The number of para-hydroxylation sites is 1. The van der Waals surface area contributed by atoms with E-state index in [9.17, 15) is 9.90 Å². The Bertz CT molecular complexity index is 1200. The van der Waals surface area contributed by atoms with Gasteiger partial charge in [-0.25, -0.2) is 4.79 Å². The van der Waals surface area contributed by atoms with Gasteiger partial charge in [-0.2, -0.15) is 0 Å². The number of aliphatic imine (C=N–C) groups is 1. The van der Waals surface area contributed by atoms with E-state index in [1.54, 1.807) is 18.7 Å². The van der Waals surface area contributed by atoms with Crippen LogP contribution in [0.25, 0.3) is 0 Å². The quantitative estimate of drug-likeness (QED) is 0.661. The molecule has 2 aromatic carbocycles. The first-order valence-corrected chi connectivity index (χ1v) is 10.0. The van der Waals surface area contributed by atoms with E-state index in [2.05, 4.69) is 0 Å². The predicted octanol–water partition coefficient (Wildman–Crippen LogP) is 4.74.